The molecule has 0 saturated carbocycles. The highest BCUT2D eigenvalue weighted by Crippen LogP contribution is 2.34. The number of fused-ring (bicyclic) bond motifs is 2. The molecule has 3 heterocycles. The molecule has 0 aliphatic carbocycles. The monoisotopic (exact) mass is 450 g/mol. The SMILES string of the molecule is O=C(NCCc1cnc[nH]1)c1cnn2c(C(F)(F)F)cc(-c3cccc4ccccc34)nc12. The number of rotatable bonds is 5. The molecule has 0 fully saturated rings. The van der Waals surface area contributed by atoms with Gasteiger partial charge in [0.05, 0.1) is 18.2 Å². The number of carbonyl (C=O) groups is 1. The molecule has 5 aromatic rings. The number of nitrogens with zero attached hydrogens (tertiary/aromatic N) is 4. The van der Waals surface area contributed by atoms with Crippen molar-refractivity contribution in [3.63, 3.8) is 0 Å². The number of hydrogen-bond donors (Lipinski definition) is 2. The molecule has 7 nitrogen and oxygen atoms in total. The number of hydrogen-bond acceptors (Lipinski definition) is 4. The van der Waals surface area contributed by atoms with Gasteiger partial charge in [0.2, 0.25) is 0 Å². The lowest BCUT2D eigenvalue weighted by molar-refractivity contribution is -0.142. The Morgan fingerprint density at radius 3 is 2.70 bits per heavy atom. The summed E-state index contributed by atoms with van der Waals surface area (Å²) in [6.45, 7) is 0.271. The summed E-state index contributed by atoms with van der Waals surface area (Å²) in [4.78, 5) is 24.0. The maximum Gasteiger partial charge on any atom is 0.433 e. The number of imidazole rings is 1. The predicted molar refractivity (Wildman–Crippen MR) is 116 cm³/mol. The zero-order chi connectivity index (χ0) is 23.0. The summed E-state index contributed by atoms with van der Waals surface area (Å²) in [6, 6.07) is 13.7. The highest BCUT2D eigenvalue weighted by molar-refractivity contribution is 6.00. The topological polar surface area (TPSA) is 88.0 Å². The van der Waals surface area contributed by atoms with Gasteiger partial charge in [0, 0.05) is 30.4 Å². The zero-order valence-corrected chi connectivity index (χ0v) is 17.1. The molecule has 0 saturated heterocycles. The summed E-state index contributed by atoms with van der Waals surface area (Å²) in [5.74, 6) is -0.555. The average molecular weight is 450 g/mol. The number of aromatic amines is 1. The number of carbonyl (C=O) groups excluding carboxylic acids is 1. The van der Waals surface area contributed by atoms with Crippen LogP contribution in [0.3, 0.4) is 0 Å². The van der Waals surface area contributed by atoms with Gasteiger partial charge in [-0.05, 0) is 16.8 Å². The Morgan fingerprint density at radius 1 is 1.09 bits per heavy atom. The molecule has 0 spiro atoms. The van der Waals surface area contributed by atoms with Crippen LogP contribution in [-0.2, 0) is 12.6 Å². The lowest BCUT2D eigenvalue weighted by atomic mass is 10.0. The molecule has 33 heavy (non-hydrogen) atoms. The third-order valence-electron chi connectivity index (χ3n) is 5.31. The fourth-order valence-corrected chi connectivity index (χ4v) is 3.74. The maximum atomic E-state index is 13.9. The van der Waals surface area contributed by atoms with Crippen molar-refractivity contribution >= 4 is 22.3 Å². The van der Waals surface area contributed by atoms with E-state index in [1.807, 2.05) is 30.3 Å². The second-order valence-corrected chi connectivity index (χ2v) is 7.43. The van der Waals surface area contributed by atoms with E-state index in [-0.39, 0.29) is 23.4 Å². The van der Waals surface area contributed by atoms with Crippen LogP contribution in [0, 0.1) is 0 Å². The summed E-state index contributed by atoms with van der Waals surface area (Å²) in [7, 11) is 0. The van der Waals surface area contributed by atoms with Gasteiger partial charge >= 0.3 is 6.18 Å². The molecule has 0 bridgehead atoms. The van der Waals surface area contributed by atoms with Crippen LogP contribution < -0.4 is 5.32 Å². The maximum absolute atomic E-state index is 13.9. The van der Waals surface area contributed by atoms with E-state index in [1.165, 1.54) is 6.33 Å². The molecule has 0 aliphatic rings. The summed E-state index contributed by atoms with van der Waals surface area (Å²) in [5, 5.41) is 8.15. The number of amides is 1. The van der Waals surface area contributed by atoms with Gasteiger partial charge in [0.25, 0.3) is 5.91 Å². The van der Waals surface area contributed by atoms with Crippen LogP contribution in [0.5, 0.6) is 0 Å². The first-order valence-electron chi connectivity index (χ1n) is 10.1. The molecule has 10 heteroatoms. The predicted octanol–water partition coefficient (Wildman–Crippen LogP) is 4.26. The summed E-state index contributed by atoms with van der Waals surface area (Å²) in [5.41, 5.74) is 0.267. The van der Waals surface area contributed by atoms with E-state index in [0.717, 1.165) is 28.7 Å². The molecule has 2 aromatic carbocycles. The van der Waals surface area contributed by atoms with Crippen molar-refractivity contribution in [2.45, 2.75) is 12.6 Å². The summed E-state index contributed by atoms with van der Waals surface area (Å²) in [6.07, 6.45) is 0.0687. The first-order chi connectivity index (χ1) is 15.9. The standard InChI is InChI=1S/C23H17F3N6O/c24-23(25,26)20-10-19(17-7-3-5-14-4-1-2-6-16(14)17)31-21-18(12-30-32(20)21)22(33)28-9-8-15-11-27-13-29-15/h1-7,10-13H,8-9H2,(H,27,29)(H,28,33). The minimum atomic E-state index is -4.69. The van der Waals surface area contributed by atoms with Gasteiger partial charge in [-0.25, -0.2) is 14.5 Å². The molecule has 0 aliphatic heterocycles. The first kappa shape index (κ1) is 20.7. The third-order valence-corrected chi connectivity index (χ3v) is 5.31. The normalized spacial score (nSPS) is 11.8. The lowest BCUT2D eigenvalue weighted by Crippen LogP contribution is -2.26. The van der Waals surface area contributed by atoms with Crippen molar-refractivity contribution in [1.29, 1.82) is 0 Å². The number of H-pyrrole nitrogens is 1. The van der Waals surface area contributed by atoms with E-state index >= 15 is 0 Å². The van der Waals surface area contributed by atoms with Crippen molar-refractivity contribution < 1.29 is 18.0 Å². The highest BCUT2D eigenvalue weighted by Gasteiger charge is 2.36. The summed E-state index contributed by atoms with van der Waals surface area (Å²) < 4.78 is 42.4. The van der Waals surface area contributed by atoms with Crippen LogP contribution in [0.2, 0.25) is 0 Å². The Labute approximate surface area is 185 Å². The van der Waals surface area contributed by atoms with E-state index in [2.05, 4.69) is 25.4 Å². The number of benzene rings is 2. The van der Waals surface area contributed by atoms with Gasteiger partial charge in [-0.3, -0.25) is 4.79 Å². The van der Waals surface area contributed by atoms with E-state index in [4.69, 9.17) is 0 Å². The van der Waals surface area contributed by atoms with Crippen molar-refractivity contribution in [1.82, 2.24) is 29.9 Å². The van der Waals surface area contributed by atoms with Crippen molar-refractivity contribution in [3.8, 4) is 11.3 Å². The van der Waals surface area contributed by atoms with Gasteiger partial charge in [-0.2, -0.15) is 18.3 Å². The van der Waals surface area contributed by atoms with Crippen LogP contribution in [0.4, 0.5) is 13.2 Å². The Hall–Kier alpha value is -4.21. The number of aromatic nitrogens is 5. The van der Waals surface area contributed by atoms with E-state index < -0.39 is 17.8 Å². The number of halogens is 3. The molecule has 3 aromatic heterocycles. The van der Waals surface area contributed by atoms with Crippen LogP contribution >= 0.6 is 0 Å². The van der Waals surface area contributed by atoms with Gasteiger partial charge in [-0.15, -0.1) is 0 Å². The summed E-state index contributed by atoms with van der Waals surface area (Å²) >= 11 is 0. The molecular formula is C23H17F3N6O. The number of nitrogens with one attached hydrogen (secondary N) is 2. The quantitative estimate of drug-likeness (QED) is 0.419. The van der Waals surface area contributed by atoms with Crippen molar-refractivity contribution in [2.75, 3.05) is 6.54 Å². The van der Waals surface area contributed by atoms with Gasteiger partial charge < -0.3 is 10.3 Å². The smallest absolute Gasteiger partial charge is 0.351 e. The largest absolute Gasteiger partial charge is 0.433 e. The van der Waals surface area contributed by atoms with Crippen LogP contribution in [0.15, 0.2) is 67.3 Å². The second-order valence-electron chi connectivity index (χ2n) is 7.43. The van der Waals surface area contributed by atoms with Gasteiger partial charge in [0.1, 0.15) is 5.56 Å². The van der Waals surface area contributed by atoms with E-state index in [9.17, 15) is 18.0 Å². The van der Waals surface area contributed by atoms with Crippen LogP contribution in [0.25, 0.3) is 27.7 Å². The van der Waals surface area contributed by atoms with Crippen molar-refractivity contribution in [2.24, 2.45) is 0 Å². The molecule has 2 N–H and O–H groups in total. The minimum absolute atomic E-state index is 0.0350. The van der Waals surface area contributed by atoms with Gasteiger partial charge in [0.15, 0.2) is 11.3 Å². The molecule has 0 unspecified atom stereocenters. The molecular weight excluding hydrogens is 433 g/mol. The Balaban J connectivity index is 1.59. The first-order valence-corrected chi connectivity index (χ1v) is 10.1. The number of alkyl halides is 3. The van der Waals surface area contributed by atoms with Crippen LogP contribution in [0.1, 0.15) is 21.7 Å². The molecule has 5 rings (SSSR count). The Bertz CT molecular complexity index is 1450. The highest BCUT2D eigenvalue weighted by atomic mass is 19.4. The van der Waals surface area contributed by atoms with Crippen molar-refractivity contribution in [3.05, 3.63) is 84.2 Å². The fraction of sp³-hybridized carbons (Fsp3) is 0.130. The van der Waals surface area contributed by atoms with E-state index in [1.54, 1.807) is 18.3 Å². The molecule has 1 amide bonds. The molecule has 0 radical (unpaired) electrons. The average Bonchev–Trinajstić information content (AvgIpc) is 3.47. The Kier molecular flexibility index (Phi) is 5.04. The van der Waals surface area contributed by atoms with Crippen LogP contribution in [-0.4, -0.2) is 37.0 Å². The third kappa shape index (κ3) is 3.91. The fourth-order valence-electron chi connectivity index (χ4n) is 3.74. The Morgan fingerprint density at radius 2 is 1.91 bits per heavy atom. The minimum Gasteiger partial charge on any atom is -0.351 e. The molecule has 166 valence electrons. The zero-order valence-electron chi connectivity index (χ0n) is 17.1. The van der Waals surface area contributed by atoms with Gasteiger partial charge in [-0.1, -0.05) is 42.5 Å². The lowest BCUT2D eigenvalue weighted by Gasteiger charge is -2.13. The molecule has 0 atom stereocenters. The second kappa shape index (κ2) is 8.05. The van der Waals surface area contributed by atoms with E-state index in [0.29, 0.717) is 16.5 Å².